The Balaban J connectivity index is 1.50. The molecule has 4 saturated carbocycles. The van der Waals surface area contributed by atoms with Crippen LogP contribution >= 0.6 is 0 Å². The molecule has 0 amide bonds. The van der Waals surface area contributed by atoms with E-state index in [-0.39, 0.29) is 11.5 Å². The zero-order valence-corrected chi connectivity index (χ0v) is 13.3. The zero-order valence-electron chi connectivity index (χ0n) is 13.3. The van der Waals surface area contributed by atoms with Crippen LogP contribution in [0.3, 0.4) is 0 Å². The smallest absolute Gasteiger partial charge is 0.0652 e. The molecule has 4 aliphatic carbocycles. The van der Waals surface area contributed by atoms with Gasteiger partial charge in [0.25, 0.3) is 0 Å². The molecule has 3 heteroatoms. The van der Waals surface area contributed by atoms with Crippen molar-refractivity contribution in [2.75, 3.05) is 0 Å². The number of hydrogen-bond acceptors (Lipinski definition) is 2. The maximum absolute atomic E-state index is 11.0. The second kappa shape index (κ2) is 4.84. The fraction of sp³-hybridized carbons (Fsp3) is 0.833. The van der Waals surface area contributed by atoms with Crippen LogP contribution in [0.25, 0.3) is 0 Å². The van der Waals surface area contributed by atoms with Crippen molar-refractivity contribution in [2.45, 2.75) is 70.9 Å². The Morgan fingerprint density at radius 2 is 1.76 bits per heavy atom. The molecule has 4 aliphatic rings. The van der Waals surface area contributed by atoms with E-state index >= 15 is 0 Å². The van der Waals surface area contributed by atoms with Crippen LogP contribution in [-0.2, 0) is 6.42 Å². The van der Waals surface area contributed by atoms with Gasteiger partial charge in [0.15, 0.2) is 0 Å². The fourth-order valence-corrected chi connectivity index (χ4v) is 5.77. The van der Waals surface area contributed by atoms with Gasteiger partial charge in [0.1, 0.15) is 0 Å². The van der Waals surface area contributed by atoms with E-state index in [1.54, 1.807) is 0 Å². The van der Waals surface area contributed by atoms with Gasteiger partial charge < -0.3 is 5.11 Å². The number of rotatable bonds is 4. The summed E-state index contributed by atoms with van der Waals surface area (Å²) in [4.78, 5) is 0. The normalized spacial score (nSPS) is 39.1. The number of aliphatic hydroxyl groups is 1. The molecule has 1 unspecified atom stereocenters. The minimum absolute atomic E-state index is 0.193. The maximum Gasteiger partial charge on any atom is 0.0652 e. The molecule has 0 saturated heterocycles. The van der Waals surface area contributed by atoms with E-state index in [2.05, 4.69) is 25.0 Å². The molecule has 1 heterocycles. The van der Waals surface area contributed by atoms with E-state index in [1.165, 1.54) is 38.5 Å². The van der Waals surface area contributed by atoms with Crippen LogP contribution in [0.15, 0.2) is 12.3 Å². The molecule has 5 rings (SSSR count). The summed E-state index contributed by atoms with van der Waals surface area (Å²) >= 11 is 0. The third-order valence-corrected chi connectivity index (χ3v) is 6.39. The van der Waals surface area contributed by atoms with E-state index in [0.29, 0.717) is 6.04 Å². The highest BCUT2D eigenvalue weighted by atomic mass is 16.3. The van der Waals surface area contributed by atoms with Gasteiger partial charge in [-0.25, -0.2) is 0 Å². The van der Waals surface area contributed by atoms with Gasteiger partial charge in [-0.05, 0) is 81.6 Å². The number of nitrogens with zero attached hydrogens (tertiary/aromatic N) is 2. The highest BCUT2D eigenvalue weighted by molar-refractivity contribution is 5.09. The van der Waals surface area contributed by atoms with Gasteiger partial charge in [0.05, 0.1) is 11.8 Å². The molecular weight excluding hydrogens is 260 g/mol. The summed E-state index contributed by atoms with van der Waals surface area (Å²) in [5.41, 5.74) is 1.28. The quantitative estimate of drug-likeness (QED) is 0.919. The molecule has 21 heavy (non-hydrogen) atoms. The van der Waals surface area contributed by atoms with Crippen molar-refractivity contribution >= 4 is 0 Å². The molecule has 0 spiro atoms. The molecular formula is C18H28N2O. The molecule has 116 valence electrons. The first-order valence-electron chi connectivity index (χ1n) is 8.76. The first kappa shape index (κ1) is 13.8. The molecule has 0 radical (unpaired) electrons. The molecule has 1 aromatic heterocycles. The highest BCUT2D eigenvalue weighted by Crippen LogP contribution is 2.61. The van der Waals surface area contributed by atoms with Crippen molar-refractivity contribution in [1.29, 1.82) is 0 Å². The van der Waals surface area contributed by atoms with Crippen molar-refractivity contribution in [1.82, 2.24) is 9.78 Å². The number of aliphatic hydroxyl groups excluding tert-OH is 1. The summed E-state index contributed by atoms with van der Waals surface area (Å²) in [6.07, 6.45) is 10.7. The van der Waals surface area contributed by atoms with Gasteiger partial charge in [-0.15, -0.1) is 0 Å². The van der Waals surface area contributed by atoms with Crippen molar-refractivity contribution < 1.29 is 5.11 Å². The van der Waals surface area contributed by atoms with E-state index in [9.17, 15) is 5.11 Å². The summed E-state index contributed by atoms with van der Waals surface area (Å²) in [7, 11) is 0. The Kier molecular flexibility index (Phi) is 3.18. The predicted octanol–water partition coefficient (Wildman–Crippen LogP) is 3.58. The van der Waals surface area contributed by atoms with E-state index in [0.717, 1.165) is 29.9 Å². The Hall–Kier alpha value is -0.830. The fourth-order valence-electron chi connectivity index (χ4n) is 5.77. The summed E-state index contributed by atoms with van der Waals surface area (Å²) in [6, 6.07) is 2.49. The SMILES string of the molecule is CC(C)n1ccc(CC(O)C23CC4CC(CC(C4)C2)C3)n1. The van der Waals surface area contributed by atoms with Crippen LogP contribution in [0.2, 0.25) is 0 Å². The second-order valence-electron chi connectivity index (χ2n) is 8.38. The molecule has 0 aromatic carbocycles. The van der Waals surface area contributed by atoms with Gasteiger partial charge in [0.2, 0.25) is 0 Å². The summed E-state index contributed by atoms with van der Waals surface area (Å²) in [5, 5.41) is 15.6. The number of hydrogen-bond donors (Lipinski definition) is 1. The van der Waals surface area contributed by atoms with Gasteiger partial charge in [0, 0.05) is 18.7 Å². The third-order valence-electron chi connectivity index (χ3n) is 6.39. The van der Waals surface area contributed by atoms with Crippen LogP contribution in [0.4, 0.5) is 0 Å². The van der Waals surface area contributed by atoms with Crippen molar-refractivity contribution in [3.8, 4) is 0 Å². The predicted molar refractivity (Wildman–Crippen MR) is 82.9 cm³/mol. The topological polar surface area (TPSA) is 38.0 Å². The standard InChI is InChI=1S/C18H28N2O/c1-12(2)20-4-3-16(19-20)8-17(21)18-9-13-5-14(10-18)7-15(6-13)11-18/h3-4,12-15,17,21H,5-11H2,1-2H3. The Bertz CT molecular complexity index is 484. The van der Waals surface area contributed by atoms with Crippen LogP contribution < -0.4 is 0 Å². The number of aromatic nitrogens is 2. The Labute approximate surface area is 127 Å². The lowest BCUT2D eigenvalue weighted by Crippen LogP contribution is -2.52. The lowest BCUT2D eigenvalue weighted by Gasteiger charge is -2.58. The second-order valence-corrected chi connectivity index (χ2v) is 8.38. The maximum atomic E-state index is 11.0. The Morgan fingerprint density at radius 3 is 2.24 bits per heavy atom. The minimum atomic E-state index is -0.193. The first-order chi connectivity index (χ1) is 10.0. The third kappa shape index (κ3) is 2.34. The summed E-state index contributed by atoms with van der Waals surface area (Å²) < 4.78 is 2.00. The molecule has 4 bridgehead atoms. The van der Waals surface area contributed by atoms with Gasteiger partial charge in [-0.1, -0.05) is 0 Å². The first-order valence-corrected chi connectivity index (χ1v) is 8.76. The summed E-state index contributed by atoms with van der Waals surface area (Å²) in [5.74, 6) is 2.71. The monoisotopic (exact) mass is 288 g/mol. The minimum Gasteiger partial charge on any atom is -0.392 e. The molecule has 0 aliphatic heterocycles. The van der Waals surface area contributed by atoms with Crippen LogP contribution in [0.1, 0.15) is 64.1 Å². The van der Waals surface area contributed by atoms with Crippen LogP contribution in [0.5, 0.6) is 0 Å². The zero-order chi connectivity index (χ0) is 14.6. The molecule has 1 N–H and O–H groups in total. The average molecular weight is 288 g/mol. The molecule has 1 aromatic rings. The lowest BCUT2D eigenvalue weighted by molar-refractivity contribution is -0.119. The van der Waals surface area contributed by atoms with E-state index in [1.807, 2.05) is 10.9 Å². The van der Waals surface area contributed by atoms with E-state index in [4.69, 9.17) is 0 Å². The van der Waals surface area contributed by atoms with Crippen molar-refractivity contribution in [3.05, 3.63) is 18.0 Å². The lowest BCUT2D eigenvalue weighted by atomic mass is 9.48. The molecule has 1 atom stereocenters. The molecule has 4 fully saturated rings. The largest absolute Gasteiger partial charge is 0.392 e. The summed E-state index contributed by atoms with van der Waals surface area (Å²) in [6.45, 7) is 4.29. The van der Waals surface area contributed by atoms with Crippen molar-refractivity contribution in [3.63, 3.8) is 0 Å². The van der Waals surface area contributed by atoms with Crippen LogP contribution in [0, 0.1) is 23.2 Å². The van der Waals surface area contributed by atoms with Crippen molar-refractivity contribution in [2.24, 2.45) is 23.2 Å². The average Bonchev–Trinajstić information content (AvgIpc) is 2.85. The van der Waals surface area contributed by atoms with Gasteiger partial charge in [-0.2, -0.15) is 5.10 Å². The van der Waals surface area contributed by atoms with Gasteiger partial charge >= 0.3 is 0 Å². The highest BCUT2D eigenvalue weighted by Gasteiger charge is 2.53. The molecule has 3 nitrogen and oxygen atoms in total. The van der Waals surface area contributed by atoms with Crippen LogP contribution in [-0.4, -0.2) is 21.0 Å². The van der Waals surface area contributed by atoms with Gasteiger partial charge in [-0.3, -0.25) is 4.68 Å². The Morgan fingerprint density at radius 1 is 1.19 bits per heavy atom. The van der Waals surface area contributed by atoms with E-state index < -0.39 is 0 Å².